The smallest absolute Gasteiger partial charge is 0.301 e. The number of aliphatic hydroxyl groups is 1. The molecule has 1 fully saturated rings. The van der Waals surface area contributed by atoms with E-state index in [0.29, 0.717) is 34.3 Å². The fourth-order valence-corrected chi connectivity index (χ4v) is 5.64. The van der Waals surface area contributed by atoms with E-state index in [0.717, 1.165) is 10.3 Å². The number of thiazole rings is 1. The maximum absolute atomic E-state index is 13.5. The first-order chi connectivity index (χ1) is 17.8. The molecule has 0 saturated carbocycles. The Hall–Kier alpha value is -3.88. The zero-order valence-electron chi connectivity index (χ0n) is 20.3. The number of anilines is 1. The van der Waals surface area contributed by atoms with Crippen LogP contribution in [0.4, 0.5) is 5.13 Å². The van der Waals surface area contributed by atoms with E-state index in [4.69, 9.17) is 21.1 Å². The summed E-state index contributed by atoms with van der Waals surface area (Å²) in [5, 5.41) is 12.0. The number of Topliss-reactive ketones (excluding diaryl/α,β-unsaturated/α-hetero) is 1. The van der Waals surface area contributed by atoms with Gasteiger partial charge in [0.25, 0.3) is 5.78 Å². The standard InChI is InChI=1S/C28H23ClN2O5S/c1-4-36-18-10-11-20(29)19(14-18)25(32)23-24(16-6-8-17(35-3)9-7-16)31(27(34)26(23)33)28-30-21-12-5-15(2)13-22(21)37-28/h5-14,24,32H,4H2,1-3H3/b25-23+. The monoisotopic (exact) mass is 534 g/mol. The molecule has 7 nitrogen and oxygen atoms in total. The van der Waals surface area contributed by atoms with Gasteiger partial charge >= 0.3 is 5.91 Å². The minimum atomic E-state index is -0.931. The van der Waals surface area contributed by atoms with Gasteiger partial charge in [0, 0.05) is 5.56 Å². The van der Waals surface area contributed by atoms with E-state index in [9.17, 15) is 14.7 Å². The number of methoxy groups -OCH3 is 1. The summed E-state index contributed by atoms with van der Waals surface area (Å²) in [7, 11) is 1.55. The number of benzene rings is 3. The second-order valence-electron chi connectivity index (χ2n) is 8.48. The first kappa shape index (κ1) is 24.8. The first-order valence-corrected chi connectivity index (χ1v) is 12.8. The number of hydrogen-bond donors (Lipinski definition) is 1. The van der Waals surface area contributed by atoms with E-state index in [1.54, 1.807) is 49.6 Å². The highest BCUT2D eigenvalue weighted by Gasteiger charge is 2.48. The van der Waals surface area contributed by atoms with Crippen LogP contribution in [-0.2, 0) is 9.59 Å². The van der Waals surface area contributed by atoms with E-state index < -0.39 is 17.7 Å². The molecule has 0 radical (unpaired) electrons. The largest absolute Gasteiger partial charge is 0.507 e. The van der Waals surface area contributed by atoms with Crippen molar-refractivity contribution in [2.24, 2.45) is 0 Å². The molecule has 9 heteroatoms. The number of halogens is 1. The number of fused-ring (bicyclic) bond motifs is 1. The highest BCUT2D eigenvalue weighted by Crippen LogP contribution is 2.45. The number of ketones is 1. The van der Waals surface area contributed by atoms with Gasteiger partial charge in [-0.25, -0.2) is 4.98 Å². The van der Waals surface area contributed by atoms with Crippen molar-refractivity contribution < 1.29 is 24.2 Å². The zero-order valence-corrected chi connectivity index (χ0v) is 21.9. The number of ether oxygens (including phenoxy) is 2. The van der Waals surface area contributed by atoms with Crippen molar-refractivity contribution in [3.63, 3.8) is 0 Å². The molecule has 5 rings (SSSR count). The summed E-state index contributed by atoms with van der Waals surface area (Å²) in [5.74, 6) is -0.902. The van der Waals surface area contributed by atoms with E-state index in [2.05, 4.69) is 4.98 Å². The van der Waals surface area contributed by atoms with Gasteiger partial charge in [-0.1, -0.05) is 41.1 Å². The highest BCUT2D eigenvalue weighted by molar-refractivity contribution is 7.22. The normalized spacial score (nSPS) is 17.0. The number of carbonyl (C=O) groups is 2. The maximum atomic E-state index is 13.5. The van der Waals surface area contributed by atoms with Gasteiger partial charge < -0.3 is 14.6 Å². The van der Waals surface area contributed by atoms with E-state index in [1.807, 2.05) is 32.0 Å². The molecule has 1 N–H and O–H groups in total. The molecule has 3 aromatic carbocycles. The van der Waals surface area contributed by atoms with E-state index >= 15 is 0 Å². The van der Waals surface area contributed by atoms with Crippen molar-refractivity contribution in [3.8, 4) is 11.5 Å². The van der Waals surface area contributed by atoms with Gasteiger partial charge in [0.05, 0.1) is 40.6 Å². The third-order valence-electron chi connectivity index (χ3n) is 6.12. The molecule has 1 aliphatic heterocycles. The fourth-order valence-electron chi connectivity index (χ4n) is 4.34. The van der Waals surface area contributed by atoms with Crippen LogP contribution >= 0.6 is 22.9 Å². The summed E-state index contributed by atoms with van der Waals surface area (Å²) >= 11 is 7.73. The lowest BCUT2D eigenvalue weighted by molar-refractivity contribution is -0.132. The topological polar surface area (TPSA) is 89.0 Å². The van der Waals surface area contributed by atoms with E-state index in [1.165, 1.54) is 16.2 Å². The summed E-state index contributed by atoms with van der Waals surface area (Å²) in [6.07, 6.45) is 0. The van der Waals surface area contributed by atoms with E-state index in [-0.39, 0.29) is 21.9 Å². The number of hydrogen-bond acceptors (Lipinski definition) is 7. The molecule has 1 aliphatic rings. The summed E-state index contributed by atoms with van der Waals surface area (Å²) in [4.78, 5) is 32.9. The molecule has 1 atom stereocenters. The second-order valence-corrected chi connectivity index (χ2v) is 9.90. The Morgan fingerprint density at radius 1 is 1.08 bits per heavy atom. The van der Waals surface area contributed by atoms with Crippen molar-refractivity contribution in [2.75, 3.05) is 18.6 Å². The summed E-state index contributed by atoms with van der Waals surface area (Å²) in [6, 6.07) is 16.7. The lowest BCUT2D eigenvalue weighted by Crippen LogP contribution is -2.29. The molecule has 0 spiro atoms. The Bertz CT molecular complexity index is 1560. The van der Waals surface area contributed by atoms with Crippen LogP contribution in [0.25, 0.3) is 16.0 Å². The number of aromatic nitrogens is 1. The second kappa shape index (κ2) is 9.88. The molecule has 4 aromatic rings. The third kappa shape index (κ3) is 4.43. The molecule has 1 aromatic heterocycles. The Morgan fingerprint density at radius 3 is 2.51 bits per heavy atom. The highest BCUT2D eigenvalue weighted by atomic mass is 35.5. The fraction of sp³-hybridized carbons (Fsp3) is 0.179. The Morgan fingerprint density at radius 2 is 1.81 bits per heavy atom. The molecule has 0 aliphatic carbocycles. The van der Waals surface area contributed by atoms with Crippen LogP contribution in [0.1, 0.15) is 29.7 Å². The summed E-state index contributed by atoms with van der Waals surface area (Å²) < 4.78 is 11.7. The zero-order chi connectivity index (χ0) is 26.3. The van der Waals surface area contributed by atoms with Crippen molar-refractivity contribution in [1.82, 2.24) is 4.98 Å². The molecular formula is C28H23ClN2O5S. The maximum Gasteiger partial charge on any atom is 0.301 e. The lowest BCUT2D eigenvalue weighted by atomic mass is 9.95. The minimum absolute atomic E-state index is 0.0823. The number of aryl methyl sites for hydroxylation is 1. The molecule has 1 amide bonds. The van der Waals surface area contributed by atoms with Crippen LogP contribution < -0.4 is 14.4 Å². The quantitative estimate of drug-likeness (QED) is 0.178. The Kier molecular flexibility index (Phi) is 6.62. The Labute approximate surface area is 222 Å². The van der Waals surface area contributed by atoms with Gasteiger partial charge in [-0.05, 0) is 67.4 Å². The SMILES string of the molecule is CCOc1ccc(Cl)c(/C(O)=C2\C(=O)C(=O)N(c3nc4ccc(C)cc4s3)C2c2ccc(OC)cc2)c1. The van der Waals surface area contributed by atoms with Crippen LogP contribution in [0.2, 0.25) is 5.02 Å². The predicted molar refractivity (Wildman–Crippen MR) is 145 cm³/mol. The number of carbonyl (C=O) groups excluding carboxylic acids is 2. The van der Waals surface area contributed by atoms with Gasteiger partial charge in [0.1, 0.15) is 17.3 Å². The minimum Gasteiger partial charge on any atom is -0.507 e. The molecule has 188 valence electrons. The van der Waals surface area contributed by atoms with Crippen LogP contribution in [0.15, 0.2) is 66.2 Å². The van der Waals surface area contributed by atoms with Crippen molar-refractivity contribution in [3.05, 3.63) is 87.9 Å². The average Bonchev–Trinajstić information content (AvgIpc) is 3.42. The summed E-state index contributed by atoms with van der Waals surface area (Å²) in [5.41, 5.74) is 2.49. The number of nitrogens with zero attached hydrogens (tertiary/aromatic N) is 2. The van der Waals surface area contributed by atoms with Crippen LogP contribution in [0, 0.1) is 6.92 Å². The Balaban J connectivity index is 1.73. The van der Waals surface area contributed by atoms with Gasteiger partial charge in [-0.2, -0.15) is 0 Å². The molecular weight excluding hydrogens is 512 g/mol. The van der Waals surface area contributed by atoms with Crippen LogP contribution in [0.3, 0.4) is 0 Å². The van der Waals surface area contributed by atoms with Crippen LogP contribution in [-0.4, -0.2) is 35.5 Å². The van der Waals surface area contributed by atoms with Crippen molar-refractivity contribution in [2.45, 2.75) is 19.9 Å². The van der Waals surface area contributed by atoms with Crippen molar-refractivity contribution >= 4 is 55.7 Å². The molecule has 0 bridgehead atoms. The summed E-state index contributed by atoms with van der Waals surface area (Å²) in [6.45, 7) is 4.22. The van der Waals surface area contributed by atoms with Gasteiger partial charge in [-0.15, -0.1) is 0 Å². The number of aliphatic hydroxyl groups excluding tert-OH is 1. The lowest BCUT2D eigenvalue weighted by Gasteiger charge is -2.23. The molecule has 1 saturated heterocycles. The van der Waals surface area contributed by atoms with Crippen molar-refractivity contribution in [1.29, 1.82) is 0 Å². The molecule has 37 heavy (non-hydrogen) atoms. The number of rotatable bonds is 6. The molecule has 1 unspecified atom stereocenters. The average molecular weight is 535 g/mol. The van der Waals surface area contributed by atoms with Gasteiger partial charge in [0.15, 0.2) is 5.13 Å². The number of amides is 1. The van der Waals surface area contributed by atoms with Gasteiger partial charge in [0.2, 0.25) is 0 Å². The van der Waals surface area contributed by atoms with Gasteiger partial charge in [-0.3, -0.25) is 14.5 Å². The third-order valence-corrected chi connectivity index (χ3v) is 7.47. The molecule has 2 heterocycles. The first-order valence-electron chi connectivity index (χ1n) is 11.6. The predicted octanol–water partition coefficient (Wildman–Crippen LogP) is 6.29. The van der Waals surface area contributed by atoms with Crippen LogP contribution in [0.5, 0.6) is 11.5 Å².